The third kappa shape index (κ3) is 1.40. The minimum Gasteiger partial charge on any atom is -0.398 e. The molecule has 0 spiro atoms. The Labute approximate surface area is 71.9 Å². The second-order valence-electron chi connectivity index (χ2n) is 2.01. The number of halogens is 2. The highest BCUT2D eigenvalue weighted by Gasteiger charge is 2.06. The average molecular weight is 217 g/mol. The molecule has 0 aliphatic heterocycles. The van der Waals surface area contributed by atoms with Crippen LogP contribution in [0.15, 0.2) is 16.6 Å². The molecule has 0 bridgehead atoms. The first-order valence-corrected chi connectivity index (χ1v) is 3.70. The molecule has 4 heteroatoms. The second kappa shape index (κ2) is 3.00. The molecular weight excluding hydrogens is 211 g/mol. The predicted octanol–water partition coefficient (Wildman–Crippen LogP) is 2.17. The van der Waals surface area contributed by atoms with E-state index in [9.17, 15) is 4.39 Å². The molecule has 0 saturated carbocycles. The Morgan fingerprint density at radius 1 is 1.55 bits per heavy atom. The summed E-state index contributed by atoms with van der Waals surface area (Å²) in [4.78, 5) is 0. The Morgan fingerprint density at radius 2 is 2.18 bits per heavy atom. The van der Waals surface area contributed by atoms with Crippen molar-refractivity contribution in [1.82, 2.24) is 0 Å². The van der Waals surface area contributed by atoms with E-state index in [1.165, 1.54) is 6.07 Å². The summed E-state index contributed by atoms with van der Waals surface area (Å²) in [5.74, 6) is -0.486. The van der Waals surface area contributed by atoms with Crippen LogP contribution < -0.4 is 5.73 Å². The molecule has 1 rings (SSSR count). The van der Waals surface area contributed by atoms with Crippen LogP contribution in [0, 0.1) is 11.2 Å². The SMILES string of the molecule is N=Cc1c(N)ccc(Br)c1F. The van der Waals surface area contributed by atoms with Gasteiger partial charge in [0.1, 0.15) is 5.82 Å². The van der Waals surface area contributed by atoms with E-state index in [2.05, 4.69) is 15.9 Å². The van der Waals surface area contributed by atoms with Gasteiger partial charge in [-0.1, -0.05) is 0 Å². The maximum absolute atomic E-state index is 13.0. The van der Waals surface area contributed by atoms with E-state index in [0.29, 0.717) is 4.47 Å². The summed E-state index contributed by atoms with van der Waals surface area (Å²) in [6, 6.07) is 3.06. The highest BCUT2D eigenvalue weighted by molar-refractivity contribution is 9.10. The summed E-state index contributed by atoms with van der Waals surface area (Å²) in [5, 5.41) is 6.86. The van der Waals surface area contributed by atoms with E-state index in [4.69, 9.17) is 11.1 Å². The van der Waals surface area contributed by atoms with Crippen molar-refractivity contribution in [2.24, 2.45) is 0 Å². The standard InChI is InChI=1S/C7H6BrFN2/c8-5-1-2-6(11)4(3-10)7(5)9/h1-3,10H,11H2. The van der Waals surface area contributed by atoms with Crippen LogP contribution in [0.4, 0.5) is 10.1 Å². The Morgan fingerprint density at radius 3 is 2.64 bits per heavy atom. The van der Waals surface area contributed by atoms with Gasteiger partial charge in [0.25, 0.3) is 0 Å². The van der Waals surface area contributed by atoms with Crippen LogP contribution in [0.5, 0.6) is 0 Å². The van der Waals surface area contributed by atoms with Crippen molar-refractivity contribution in [3.05, 3.63) is 28.0 Å². The molecule has 0 amide bonds. The van der Waals surface area contributed by atoms with Gasteiger partial charge in [0.2, 0.25) is 0 Å². The van der Waals surface area contributed by atoms with Gasteiger partial charge >= 0.3 is 0 Å². The zero-order valence-corrected chi connectivity index (χ0v) is 7.15. The van der Waals surface area contributed by atoms with E-state index in [0.717, 1.165) is 6.21 Å². The lowest BCUT2D eigenvalue weighted by Gasteiger charge is -2.01. The molecule has 0 unspecified atom stereocenters. The van der Waals surface area contributed by atoms with Crippen LogP contribution in [-0.4, -0.2) is 6.21 Å². The molecule has 2 nitrogen and oxygen atoms in total. The fourth-order valence-electron chi connectivity index (χ4n) is 0.728. The Bertz CT molecular complexity index is 299. The normalized spacial score (nSPS) is 9.64. The first-order valence-electron chi connectivity index (χ1n) is 2.90. The van der Waals surface area contributed by atoms with Gasteiger partial charge in [-0.05, 0) is 28.1 Å². The quantitative estimate of drug-likeness (QED) is 0.549. The van der Waals surface area contributed by atoms with Gasteiger partial charge in [-0.3, -0.25) is 0 Å². The van der Waals surface area contributed by atoms with E-state index in [1.807, 2.05) is 0 Å². The van der Waals surface area contributed by atoms with Gasteiger partial charge in [-0.25, -0.2) is 4.39 Å². The van der Waals surface area contributed by atoms with Crippen molar-refractivity contribution in [2.45, 2.75) is 0 Å². The minimum atomic E-state index is -0.486. The molecule has 0 saturated heterocycles. The first kappa shape index (κ1) is 8.20. The van der Waals surface area contributed by atoms with Gasteiger partial charge in [0.05, 0.1) is 10.0 Å². The number of anilines is 1. The smallest absolute Gasteiger partial charge is 0.148 e. The van der Waals surface area contributed by atoms with Crippen LogP contribution in [0.3, 0.4) is 0 Å². The third-order valence-corrected chi connectivity index (χ3v) is 1.92. The summed E-state index contributed by atoms with van der Waals surface area (Å²) >= 11 is 2.99. The molecule has 58 valence electrons. The lowest BCUT2D eigenvalue weighted by molar-refractivity contribution is 0.620. The highest BCUT2D eigenvalue weighted by atomic mass is 79.9. The molecule has 0 heterocycles. The number of hydrogen-bond donors (Lipinski definition) is 2. The predicted molar refractivity (Wildman–Crippen MR) is 46.4 cm³/mol. The topological polar surface area (TPSA) is 49.9 Å². The van der Waals surface area contributed by atoms with Crippen molar-refractivity contribution in [2.75, 3.05) is 5.73 Å². The van der Waals surface area contributed by atoms with Crippen LogP contribution in [0.2, 0.25) is 0 Å². The van der Waals surface area contributed by atoms with Gasteiger partial charge in [-0.2, -0.15) is 0 Å². The molecular formula is C7H6BrFN2. The highest BCUT2D eigenvalue weighted by Crippen LogP contribution is 2.21. The van der Waals surface area contributed by atoms with Gasteiger partial charge in [0.15, 0.2) is 0 Å². The fraction of sp³-hybridized carbons (Fsp3) is 0. The van der Waals surface area contributed by atoms with Gasteiger partial charge in [0, 0.05) is 11.9 Å². The summed E-state index contributed by atoms with van der Waals surface area (Å²) < 4.78 is 13.3. The van der Waals surface area contributed by atoms with Crippen LogP contribution in [-0.2, 0) is 0 Å². The minimum absolute atomic E-state index is 0.124. The van der Waals surface area contributed by atoms with Gasteiger partial charge < -0.3 is 11.1 Å². The Hall–Kier alpha value is -0.900. The fourth-order valence-corrected chi connectivity index (χ4v) is 1.07. The molecule has 0 radical (unpaired) electrons. The monoisotopic (exact) mass is 216 g/mol. The number of hydrogen-bond acceptors (Lipinski definition) is 2. The average Bonchev–Trinajstić information content (AvgIpc) is 1.99. The molecule has 0 aromatic heterocycles. The molecule has 0 aliphatic rings. The van der Waals surface area contributed by atoms with E-state index in [-0.39, 0.29) is 11.3 Å². The largest absolute Gasteiger partial charge is 0.398 e. The molecule has 0 fully saturated rings. The molecule has 1 aromatic rings. The first-order chi connectivity index (χ1) is 5.16. The summed E-state index contributed by atoms with van der Waals surface area (Å²) in [7, 11) is 0. The summed E-state index contributed by atoms with van der Waals surface area (Å²) in [6.07, 6.45) is 0.898. The third-order valence-electron chi connectivity index (χ3n) is 1.31. The van der Waals surface area contributed by atoms with Crippen molar-refractivity contribution in [3.8, 4) is 0 Å². The van der Waals surface area contributed by atoms with Crippen LogP contribution >= 0.6 is 15.9 Å². The summed E-state index contributed by atoms with van der Waals surface area (Å²) in [6.45, 7) is 0. The Kier molecular flexibility index (Phi) is 2.24. The maximum atomic E-state index is 13.0. The number of nitrogen functional groups attached to an aromatic ring is 1. The molecule has 0 aliphatic carbocycles. The maximum Gasteiger partial charge on any atom is 0.148 e. The van der Waals surface area contributed by atoms with E-state index >= 15 is 0 Å². The Balaban J connectivity index is 3.40. The number of rotatable bonds is 1. The van der Waals surface area contributed by atoms with Crippen molar-refractivity contribution >= 4 is 27.8 Å². The number of nitrogens with two attached hydrogens (primary N) is 1. The number of nitrogens with one attached hydrogen (secondary N) is 1. The van der Waals surface area contributed by atoms with Gasteiger partial charge in [-0.15, -0.1) is 0 Å². The lowest BCUT2D eigenvalue weighted by Crippen LogP contribution is -1.96. The van der Waals surface area contributed by atoms with Crippen LogP contribution in [0.1, 0.15) is 5.56 Å². The van der Waals surface area contributed by atoms with E-state index < -0.39 is 5.82 Å². The zero-order chi connectivity index (χ0) is 8.43. The summed E-state index contributed by atoms with van der Waals surface area (Å²) in [5.41, 5.74) is 5.79. The molecule has 3 N–H and O–H groups in total. The molecule has 0 atom stereocenters. The zero-order valence-electron chi connectivity index (χ0n) is 5.57. The number of benzene rings is 1. The lowest BCUT2D eigenvalue weighted by atomic mass is 10.2. The van der Waals surface area contributed by atoms with Crippen LogP contribution in [0.25, 0.3) is 0 Å². The van der Waals surface area contributed by atoms with Crippen molar-refractivity contribution in [3.63, 3.8) is 0 Å². The van der Waals surface area contributed by atoms with Crippen molar-refractivity contribution < 1.29 is 4.39 Å². The van der Waals surface area contributed by atoms with Crippen molar-refractivity contribution in [1.29, 1.82) is 5.41 Å². The second-order valence-corrected chi connectivity index (χ2v) is 2.86. The molecule has 11 heavy (non-hydrogen) atoms. The van der Waals surface area contributed by atoms with E-state index in [1.54, 1.807) is 6.07 Å². The molecule has 1 aromatic carbocycles.